The Kier molecular flexibility index (Phi) is 2.74. The Hall–Kier alpha value is -1.22. The van der Waals surface area contributed by atoms with Crippen LogP contribution in [0.1, 0.15) is 10.4 Å². The molecule has 0 bridgehead atoms. The Morgan fingerprint density at radius 3 is 2.91 bits per heavy atom. The van der Waals surface area contributed by atoms with Gasteiger partial charge in [0.15, 0.2) is 0 Å². The summed E-state index contributed by atoms with van der Waals surface area (Å²) in [7, 11) is 0. The van der Waals surface area contributed by atoms with E-state index in [1.54, 1.807) is 18.2 Å². The van der Waals surface area contributed by atoms with E-state index < -0.39 is 0 Å². The first-order valence-corrected chi connectivity index (χ1v) is 3.59. The molecule has 1 aromatic rings. The molecule has 11 heavy (non-hydrogen) atoms. The Morgan fingerprint density at radius 2 is 2.27 bits per heavy atom. The first kappa shape index (κ1) is 7.88. The number of rotatable bonds is 3. The van der Waals surface area contributed by atoms with Gasteiger partial charge in [-0.25, -0.2) is 0 Å². The Balaban J connectivity index is 2.90. The summed E-state index contributed by atoms with van der Waals surface area (Å²) in [5, 5.41) is 2.81. The molecule has 0 radical (unpaired) electrons. The average Bonchev–Trinajstić information content (AvgIpc) is 2.06. The molecule has 0 unspecified atom stereocenters. The van der Waals surface area contributed by atoms with Crippen LogP contribution in [-0.2, 0) is 0 Å². The molecule has 0 atom stereocenters. The van der Waals surface area contributed by atoms with Crippen LogP contribution >= 0.6 is 12.2 Å². The molecule has 56 valence electrons. The molecule has 0 aliphatic rings. The zero-order valence-corrected chi connectivity index (χ0v) is 6.60. The van der Waals surface area contributed by atoms with Crippen molar-refractivity contribution < 1.29 is 4.79 Å². The van der Waals surface area contributed by atoms with Crippen LogP contribution in [0.25, 0.3) is 0 Å². The summed E-state index contributed by atoms with van der Waals surface area (Å²) in [6.45, 7) is 0. The van der Waals surface area contributed by atoms with Gasteiger partial charge in [0.1, 0.15) is 6.29 Å². The minimum Gasteiger partial charge on any atom is -0.353 e. The molecule has 1 rings (SSSR count). The monoisotopic (exact) mass is 165 g/mol. The SMILES string of the molecule is O=Cc1cccc(NC=S)c1. The van der Waals surface area contributed by atoms with Crippen molar-refractivity contribution in [1.29, 1.82) is 0 Å². The summed E-state index contributed by atoms with van der Waals surface area (Å²) in [6.07, 6.45) is 0.800. The Morgan fingerprint density at radius 1 is 1.45 bits per heavy atom. The molecule has 0 amide bonds. The minimum absolute atomic E-state index is 0.645. The van der Waals surface area contributed by atoms with E-state index in [0.29, 0.717) is 5.56 Å². The Labute approximate surface area is 70.2 Å². The standard InChI is InChI=1S/C8H7NOS/c10-5-7-2-1-3-8(4-7)9-6-11/h1-6H,(H,9,11). The maximum atomic E-state index is 10.3. The van der Waals surface area contributed by atoms with Gasteiger partial charge in [-0.1, -0.05) is 24.4 Å². The number of carbonyl (C=O) groups excluding carboxylic acids is 1. The minimum atomic E-state index is 0.645. The van der Waals surface area contributed by atoms with Crippen LogP contribution in [0.2, 0.25) is 0 Å². The lowest BCUT2D eigenvalue weighted by Crippen LogP contribution is -1.92. The number of carbonyl (C=O) groups is 1. The number of thiocarbonyl (C=S) groups is 1. The van der Waals surface area contributed by atoms with Crippen molar-refractivity contribution >= 4 is 29.7 Å². The highest BCUT2D eigenvalue weighted by atomic mass is 32.1. The third kappa shape index (κ3) is 2.13. The molecule has 0 aliphatic heterocycles. The van der Waals surface area contributed by atoms with E-state index in [1.165, 1.54) is 5.49 Å². The lowest BCUT2D eigenvalue weighted by Gasteiger charge is -1.98. The molecule has 3 heteroatoms. The molecule has 0 fully saturated rings. The summed E-state index contributed by atoms with van der Waals surface area (Å²) >= 11 is 4.59. The van der Waals surface area contributed by atoms with Gasteiger partial charge in [0.05, 0.1) is 5.49 Å². The van der Waals surface area contributed by atoms with Crippen molar-refractivity contribution in [2.24, 2.45) is 0 Å². The molecule has 0 saturated heterocycles. The van der Waals surface area contributed by atoms with E-state index in [1.807, 2.05) is 6.07 Å². The molecule has 0 aromatic heterocycles. The molecular formula is C8H7NOS. The summed E-state index contributed by atoms with van der Waals surface area (Å²) in [5.74, 6) is 0. The zero-order valence-electron chi connectivity index (χ0n) is 5.78. The van der Waals surface area contributed by atoms with Crippen LogP contribution in [0.15, 0.2) is 24.3 Å². The highest BCUT2D eigenvalue weighted by molar-refractivity contribution is 7.79. The molecule has 0 saturated carbocycles. The van der Waals surface area contributed by atoms with Crippen molar-refractivity contribution in [1.82, 2.24) is 0 Å². The van der Waals surface area contributed by atoms with E-state index >= 15 is 0 Å². The van der Waals surface area contributed by atoms with Crippen molar-refractivity contribution in [3.05, 3.63) is 29.8 Å². The first-order valence-electron chi connectivity index (χ1n) is 3.12. The second-order valence-corrected chi connectivity index (χ2v) is 2.24. The Bertz CT molecular complexity index is 273. The maximum absolute atomic E-state index is 10.3. The van der Waals surface area contributed by atoms with Crippen molar-refractivity contribution in [3.63, 3.8) is 0 Å². The van der Waals surface area contributed by atoms with Crippen LogP contribution in [-0.4, -0.2) is 11.8 Å². The van der Waals surface area contributed by atoms with Crippen molar-refractivity contribution in [3.8, 4) is 0 Å². The van der Waals surface area contributed by atoms with Gasteiger partial charge in [-0.05, 0) is 12.1 Å². The second kappa shape index (κ2) is 3.83. The third-order valence-electron chi connectivity index (χ3n) is 1.25. The van der Waals surface area contributed by atoms with Crippen LogP contribution in [0.4, 0.5) is 5.69 Å². The molecule has 0 aliphatic carbocycles. The fourth-order valence-corrected chi connectivity index (χ4v) is 0.906. The molecule has 0 heterocycles. The van der Waals surface area contributed by atoms with Gasteiger partial charge in [0.25, 0.3) is 0 Å². The lowest BCUT2D eigenvalue weighted by atomic mass is 10.2. The highest BCUT2D eigenvalue weighted by Gasteiger charge is 1.90. The van der Waals surface area contributed by atoms with Crippen molar-refractivity contribution in [2.45, 2.75) is 0 Å². The number of anilines is 1. The predicted molar refractivity (Wildman–Crippen MR) is 49.1 cm³/mol. The summed E-state index contributed by atoms with van der Waals surface area (Å²) < 4.78 is 0. The van der Waals surface area contributed by atoms with Crippen LogP contribution in [0, 0.1) is 0 Å². The molecule has 1 N–H and O–H groups in total. The van der Waals surface area contributed by atoms with Gasteiger partial charge in [-0.3, -0.25) is 4.79 Å². The predicted octanol–water partition coefficient (Wildman–Crippen LogP) is 1.87. The highest BCUT2D eigenvalue weighted by Crippen LogP contribution is 2.07. The fourth-order valence-electron chi connectivity index (χ4n) is 0.770. The molecule has 2 nitrogen and oxygen atoms in total. The summed E-state index contributed by atoms with van der Waals surface area (Å²) in [5.41, 5.74) is 2.89. The van der Waals surface area contributed by atoms with Gasteiger partial charge in [-0.2, -0.15) is 0 Å². The lowest BCUT2D eigenvalue weighted by molar-refractivity contribution is 0.112. The summed E-state index contributed by atoms with van der Waals surface area (Å²) in [6, 6.07) is 7.11. The number of hydrogen-bond donors (Lipinski definition) is 1. The number of aldehydes is 1. The number of hydrogen-bond acceptors (Lipinski definition) is 2. The molecule has 1 aromatic carbocycles. The van der Waals surface area contributed by atoms with Gasteiger partial charge < -0.3 is 5.32 Å². The quantitative estimate of drug-likeness (QED) is 0.547. The third-order valence-corrected chi connectivity index (χ3v) is 1.37. The van der Waals surface area contributed by atoms with Gasteiger partial charge >= 0.3 is 0 Å². The fraction of sp³-hybridized carbons (Fsp3) is 0. The van der Waals surface area contributed by atoms with E-state index in [9.17, 15) is 4.79 Å². The summed E-state index contributed by atoms with van der Waals surface area (Å²) in [4.78, 5) is 10.3. The smallest absolute Gasteiger partial charge is 0.150 e. The van der Waals surface area contributed by atoms with E-state index in [4.69, 9.17) is 0 Å². The first-order chi connectivity index (χ1) is 5.36. The normalized spacial score (nSPS) is 8.73. The topological polar surface area (TPSA) is 29.1 Å². The second-order valence-electron chi connectivity index (χ2n) is 2.01. The largest absolute Gasteiger partial charge is 0.353 e. The number of nitrogens with one attached hydrogen (secondary N) is 1. The van der Waals surface area contributed by atoms with E-state index in [-0.39, 0.29) is 0 Å². The van der Waals surface area contributed by atoms with Gasteiger partial charge in [-0.15, -0.1) is 0 Å². The average molecular weight is 165 g/mol. The van der Waals surface area contributed by atoms with E-state index in [0.717, 1.165) is 12.0 Å². The molecular weight excluding hydrogens is 158 g/mol. The van der Waals surface area contributed by atoms with Gasteiger partial charge in [0.2, 0.25) is 0 Å². The van der Waals surface area contributed by atoms with Crippen molar-refractivity contribution in [2.75, 3.05) is 5.32 Å². The van der Waals surface area contributed by atoms with Gasteiger partial charge in [0, 0.05) is 11.3 Å². The van der Waals surface area contributed by atoms with Crippen LogP contribution in [0.3, 0.4) is 0 Å². The van der Waals surface area contributed by atoms with Crippen LogP contribution < -0.4 is 5.32 Å². The maximum Gasteiger partial charge on any atom is 0.150 e. The molecule has 0 spiro atoms. The number of benzene rings is 1. The van der Waals surface area contributed by atoms with Crippen LogP contribution in [0.5, 0.6) is 0 Å². The zero-order chi connectivity index (χ0) is 8.10. The van der Waals surface area contributed by atoms with E-state index in [2.05, 4.69) is 17.5 Å².